The molecule has 0 atom stereocenters. The quantitative estimate of drug-likeness (QED) is 0.0915. The summed E-state index contributed by atoms with van der Waals surface area (Å²) in [4.78, 5) is 40.9. The average Bonchev–Trinajstić information content (AvgIpc) is 3.75. The highest BCUT2D eigenvalue weighted by Gasteiger charge is 2.17. The molecule has 0 spiro atoms. The molecular weight excluding hydrogens is 952 g/mol. The maximum absolute atomic E-state index is 12.6. The first kappa shape index (κ1) is 37.8. The van der Waals surface area contributed by atoms with Gasteiger partial charge in [0.25, 0.3) is 0 Å². The second-order valence-electron chi connectivity index (χ2n) is 12.3. The van der Waals surface area contributed by atoms with Gasteiger partial charge in [0.15, 0.2) is 11.5 Å². The zero-order chi connectivity index (χ0) is 37.9. The van der Waals surface area contributed by atoms with Crippen molar-refractivity contribution in [3.05, 3.63) is 120 Å². The maximum Gasteiger partial charge on any atom is 0.313 e. The number of imidazole rings is 2. The van der Waals surface area contributed by atoms with E-state index >= 15 is 0 Å². The van der Waals surface area contributed by atoms with Crippen LogP contribution in [-0.2, 0) is 27.2 Å². The number of nitrogens with zero attached hydrogens (tertiary/aromatic N) is 2. The molecule has 0 radical (unpaired) electrons. The van der Waals surface area contributed by atoms with Crippen LogP contribution in [0.4, 0.5) is 0 Å². The highest BCUT2D eigenvalue weighted by molar-refractivity contribution is 9.11. The summed E-state index contributed by atoms with van der Waals surface area (Å²) >= 11 is 14.4. The van der Waals surface area contributed by atoms with Crippen molar-refractivity contribution in [2.24, 2.45) is 0 Å². The smallest absolute Gasteiger partial charge is 0.313 e. The first-order valence-corrected chi connectivity index (χ1v) is 19.8. The third-order valence-corrected chi connectivity index (χ3v) is 10.7. The Hall–Kier alpha value is -4.50. The second-order valence-corrected chi connectivity index (χ2v) is 15.7. The second kappa shape index (κ2) is 16.5. The van der Waals surface area contributed by atoms with Gasteiger partial charge in [-0.15, -0.1) is 0 Å². The monoisotopic (exact) mass is 978 g/mol. The first-order valence-electron chi connectivity index (χ1n) is 16.7. The lowest BCUT2D eigenvalue weighted by atomic mass is 10.1. The maximum atomic E-state index is 12.6. The van der Waals surface area contributed by atoms with Gasteiger partial charge in [0.05, 0.1) is 59.9 Å². The van der Waals surface area contributed by atoms with Gasteiger partial charge >= 0.3 is 11.9 Å². The lowest BCUT2D eigenvalue weighted by Gasteiger charge is -2.12. The van der Waals surface area contributed by atoms with Gasteiger partial charge in [0.1, 0.15) is 28.9 Å². The van der Waals surface area contributed by atoms with Crippen molar-refractivity contribution in [3.8, 4) is 40.1 Å². The normalized spacial score (nSPS) is 11.2. The minimum absolute atomic E-state index is 0.0308. The molecule has 0 aliphatic rings. The number of hydrogen-bond donors (Lipinski definition) is 2. The van der Waals surface area contributed by atoms with Crippen LogP contribution in [0.3, 0.4) is 0 Å². The molecule has 0 saturated heterocycles. The number of esters is 2. The third-order valence-electron chi connectivity index (χ3n) is 8.39. The number of benzene rings is 5. The molecule has 274 valence electrons. The number of fused-ring (bicyclic) bond motifs is 2. The number of aromatic amines is 2. The van der Waals surface area contributed by atoms with Crippen molar-refractivity contribution < 1.29 is 28.5 Å². The van der Waals surface area contributed by atoms with E-state index in [1.165, 1.54) is 0 Å². The number of hydrogen-bond acceptors (Lipinski definition) is 8. The molecule has 0 unspecified atom stereocenters. The fourth-order valence-electron chi connectivity index (χ4n) is 5.80. The molecule has 0 amide bonds. The fourth-order valence-corrected chi connectivity index (χ4v) is 8.69. The number of carbonyl (C=O) groups excluding carboxylic acids is 2. The highest BCUT2D eigenvalue weighted by atomic mass is 79.9. The standard InChI is InChI=1S/C40H30Br4N4O6/c1-21-45-32-10-8-26(19-34(32)46-21)52-38-28(41)14-22(15-29(38)42)6-12-36(49)54-37(50)13-7-23-16-30(43)39(31(44)17-23)53-27-9-11-33-35(20-27)48-40(47-33)24-4-3-5-25(18-24)51-2/h3-5,8-11,14-20H,6-7,12-13H2,1-2H3,(H,45,46)(H,47,48). The Morgan fingerprint density at radius 3 is 1.69 bits per heavy atom. The SMILES string of the molecule is COc1cccc(-c2nc3cc(Oc4c(Br)cc(CCC(=O)OC(=O)CCc5cc(Br)c(Oc6ccc7[nH]c(C)nc7c6)c(Br)c5)cc4Br)ccc3[nH]2)c1. The van der Waals surface area contributed by atoms with E-state index in [4.69, 9.17) is 23.9 Å². The molecule has 2 aromatic heterocycles. The van der Waals surface area contributed by atoms with Crippen LogP contribution >= 0.6 is 63.7 Å². The van der Waals surface area contributed by atoms with Crippen molar-refractivity contribution in [3.63, 3.8) is 0 Å². The lowest BCUT2D eigenvalue weighted by molar-refractivity contribution is -0.159. The molecule has 10 nitrogen and oxygen atoms in total. The van der Waals surface area contributed by atoms with E-state index in [-0.39, 0.29) is 12.8 Å². The number of carbonyl (C=O) groups is 2. The Morgan fingerprint density at radius 1 is 0.630 bits per heavy atom. The molecule has 7 rings (SSSR count). The lowest BCUT2D eigenvalue weighted by Crippen LogP contribution is -2.13. The summed E-state index contributed by atoms with van der Waals surface area (Å²) in [7, 11) is 1.63. The summed E-state index contributed by atoms with van der Waals surface area (Å²) in [5.74, 6) is 3.52. The summed E-state index contributed by atoms with van der Waals surface area (Å²) in [5, 5.41) is 0. The van der Waals surface area contributed by atoms with Crippen molar-refractivity contribution in [1.29, 1.82) is 0 Å². The van der Waals surface area contributed by atoms with E-state index in [1.54, 1.807) is 7.11 Å². The van der Waals surface area contributed by atoms with Crippen LogP contribution in [0.1, 0.15) is 29.8 Å². The summed E-state index contributed by atoms with van der Waals surface area (Å²) in [6.07, 6.45) is 0.808. The number of rotatable bonds is 12. The van der Waals surface area contributed by atoms with E-state index < -0.39 is 11.9 Å². The first-order chi connectivity index (χ1) is 26.0. The molecule has 0 aliphatic heterocycles. The molecule has 0 saturated carbocycles. The Bertz CT molecular complexity index is 2500. The Labute approximate surface area is 343 Å². The van der Waals surface area contributed by atoms with Crippen LogP contribution < -0.4 is 14.2 Å². The Morgan fingerprint density at radius 2 is 1.15 bits per heavy atom. The molecule has 2 N–H and O–H groups in total. The van der Waals surface area contributed by atoms with Crippen molar-refractivity contribution >= 4 is 97.7 Å². The van der Waals surface area contributed by atoms with Gasteiger partial charge in [-0.2, -0.15) is 0 Å². The summed E-state index contributed by atoms with van der Waals surface area (Å²) in [6, 6.07) is 26.5. The number of H-pyrrole nitrogens is 2. The van der Waals surface area contributed by atoms with Gasteiger partial charge in [0, 0.05) is 17.7 Å². The predicted molar refractivity (Wildman–Crippen MR) is 220 cm³/mol. The van der Waals surface area contributed by atoms with E-state index in [0.29, 0.717) is 53.7 Å². The molecule has 7 aromatic rings. The molecule has 0 aliphatic carbocycles. The van der Waals surface area contributed by atoms with E-state index in [0.717, 1.165) is 56.2 Å². The van der Waals surface area contributed by atoms with E-state index in [9.17, 15) is 9.59 Å². The summed E-state index contributed by atoms with van der Waals surface area (Å²) in [6.45, 7) is 1.90. The minimum atomic E-state index is -0.594. The van der Waals surface area contributed by atoms with E-state index in [2.05, 4.69) is 78.7 Å². The zero-order valence-electron chi connectivity index (χ0n) is 28.8. The Kier molecular flexibility index (Phi) is 11.5. The number of ether oxygens (including phenoxy) is 4. The van der Waals surface area contributed by atoms with Gasteiger partial charge in [-0.3, -0.25) is 9.59 Å². The largest absolute Gasteiger partial charge is 0.497 e. The highest BCUT2D eigenvalue weighted by Crippen LogP contribution is 2.40. The molecule has 54 heavy (non-hydrogen) atoms. The van der Waals surface area contributed by atoms with Crippen LogP contribution in [0, 0.1) is 6.92 Å². The number of nitrogens with one attached hydrogen (secondary N) is 2. The predicted octanol–water partition coefficient (Wildman–Crippen LogP) is 11.7. The van der Waals surface area contributed by atoms with Crippen molar-refractivity contribution in [2.45, 2.75) is 32.6 Å². The summed E-state index contributed by atoms with van der Waals surface area (Å²) in [5.41, 5.74) is 5.99. The van der Waals surface area contributed by atoms with Crippen LogP contribution in [0.2, 0.25) is 0 Å². The number of methoxy groups -OCH3 is 1. The average molecular weight is 982 g/mol. The van der Waals surface area contributed by atoms with Gasteiger partial charge < -0.3 is 28.9 Å². The summed E-state index contributed by atoms with van der Waals surface area (Å²) < 4.78 is 25.7. The van der Waals surface area contributed by atoms with E-state index in [1.807, 2.05) is 91.9 Å². The molecule has 5 aromatic carbocycles. The van der Waals surface area contributed by atoms with Crippen LogP contribution in [-0.4, -0.2) is 39.0 Å². The minimum Gasteiger partial charge on any atom is -0.497 e. The van der Waals surface area contributed by atoms with Gasteiger partial charge in [-0.25, -0.2) is 9.97 Å². The van der Waals surface area contributed by atoms with Crippen molar-refractivity contribution in [1.82, 2.24) is 19.9 Å². The van der Waals surface area contributed by atoms with Crippen LogP contribution in [0.15, 0.2) is 103 Å². The molecule has 14 heteroatoms. The topological polar surface area (TPSA) is 128 Å². The third kappa shape index (κ3) is 8.89. The molecule has 2 heterocycles. The fraction of sp³-hybridized carbons (Fsp3) is 0.150. The van der Waals surface area contributed by atoms with Crippen molar-refractivity contribution in [2.75, 3.05) is 7.11 Å². The Balaban J connectivity index is 0.908. The van der Waals surface area contributed by atoms with Gasteiger partial charge in [-0.05, 0) is 155 Å². The number of aryl methyl sites for hydroxylation is 3. The van der Waals surface area contributed by atoms with Crippen LogP contribution in [0.5, 0.6) is 28.7 Å². The molecule has 0 bridgehead atoms. The molecule has 0 fully saturated rings. The zero-order valence-corrected chi connectivity index (χ0v) is 35.1. The number of aromatic nitrogens is 4. The van der Waals surface area contributed by atoms with Gasteiger partial charge in [0.2, 0.25) is 0 Å². The number of halogens is 4. The molecular formula is C40H30Br4N4O6. The van der Waals surface area contributed by atoms with Gasteiger partial charge in [-0.1, -0.05) is 12.1 Å². The van der Waals surface area contributed by atoms with Crippen LogP contribution in [0.25, 0.3) is 33.5 Å².